The lowest BCUT2D eigenvalue weighted by Gasteiger charge is -1.97. The zero-order valence-electron chi connectivity index (χ0n) is 8.83. The van der Waals surface area contributed by atoms with Gasteiger partial charge in [-0.15, -0.1) is 0 Å². The SMILES string of the molecule is CCn1c(=O)n(CC)c2cc(Br)ccc21. The summed E-state index contributed by atoms with van der Waals surface area (Å²) in [5.74, 6) is 0. The first kappa shape index (κ1) is 10.5. The predicted molar refractivity (Wildman–Crippen MR) is 65.2 cm³/mol. The molecule has 0 aliphatic carbocycles. The highest BCUT2D eigenvalue weighted by Crippen LogP contribution is 2.19. The molecule has 0 saturated carbocycles. The zero-order valence-corrected chi connectivity index (χ0v) is 10.4. The summed E-state index contributed by atoms with van der Waals surface area (Å²) >= 11 is 3.43. The lowest BCUT2D eigenvalue weighted by molar-refractivity contribution is 0.671. The Bertz CT molecular complexity index is 553. The fourth-order valence-corrected chi connectivity index (χ4v) is 2.25. The summed E-state index contributed by atoms with van der Waals surface area (Å²) in [5.41, 5.74) is 2.08. The van der Waals surface area contributed by atoms with Crippen LogP contribution in [-0.2, 0) is 13.1 Å². The lowest BCUT2D eigenvalue weighted by Crippen LogP contribution is -2.22. The van der Waals surface area contributed by atoms with Gasteiger partial charge in [-0.3, -0.25) is 9.13 Å². The number of hydrogen-bond donors (Lipinski definition) is 0. The molecule has 0 radical (unpaired) electrons. The van der Waals surface area contributed by atoms with Gasteiger partial charge in [-0.2, -0.15) is 0 Å². The van der Waals surface area contributed by atoms with Crippen LogP contribution in [0, 0.1) is 0 Å². The molecule has 0 N–H and O–H groups in total. The Labute approximate surface area is 96.5 Å². The quantitative estimate of drug-likeness (QED) is 0.823. The summed E-state index contributed by atoms with van der Waals surface area (Å²) in [6.45, 7) is 5.40. The van der Waals surface area contributed by atoms with Crippen molar-refractivity contribution in [1.29, 1.82) is 0 Å². The van der Waals surface area contributed by atoms with Crippen molar-refractivity contribution < 1.29 is 0 Å². The molecule has 0 fully saturated rings. The molecule has 0 aliphatic rings. The van der Waals surface area contributed by atoms with E-state index in [-0.39, 0.29) is 5.69 Å². The van der Waals surface area contributed by atoms with E-state index < -0.39 is 0 Å². The molecule has 15 heavy (non-hydrogen) atoms. The van der Waals surface area contributed by atoms with Crippen molar-refractivity contribution in [1.82, 2.24) is 9.13 Å². The van der Waals surface area contributed by atoms with E-state index in [9.17, 15) is 4.79 Å². The molecule has 1 heterocycles. The second-order valence-electron chi connectivity index (χ2n) is 3.40. The number of nitrogens with zero attached hydrogens (tertiary/aromatic N) is 2. The summed E-state index contributed by atoms with van der Waals surface area (Å²) in [6, 6.07) is 5.94. The maximum Gasteiger partial charge on any atom is 0.329 e. The number of halogens is 1. The topological polar surface area (TPSA) is 26.9 Å². The van der Waals surface area contributed by atoms with Gasteiger partial charge in [-0.25, -0.2) is 4.79 Å². The molecule has 0 aliphatic heterocycles. The van der Waals surface area contributed by atoms with E-state index in [2.05, 4.69) is 15.9 Å². The molecule has 4 heteroatoms. The number of imidazole rings is 1. The van der Waals surface area contributed by atoms with Gasteiger partial charge in [0, 0.05) is 17.6 Å². The molecule has 0 bridgehead atoms. The van der Waals surface area contributed by atoms with Crippen molar-refractivity contribution in [2.45, 2.75) is 26.9 Å². The first-order valence-corrected chi connectivity index (χ1v) is 5.87. The van der Waals surface area contributed by atoms with Gasteiger partial charge in [0.05, 0.1) is 11.0 Å². The van der Waals surface area contributed by atoms with Crippen LogP contribution in [0.15, 0.2) is 27.5 Å². The molecule has 2 rings (SSSR count). The van der Waals surface area contributed by atoms with E-state index in [0.29, 0.717) is 13.1 Å². The Hall–Kier alpha value is -1.03. The van der Waals surface area contributed by atoms with Gasteiger partial charge >= 0.3 is 5.69 Å². The van der Waals surface area contributed by atoms with E-state index in [1.165, 1.54) is 0 Å². The number of benzene rings is 1. The normalized spacial score (nSPS) is 11.1. The van der Waals surface area contributed by atoms with E-state index in [4.69, 9.17) is 0 Å². The number of fused-ring (bicyclic) bond motifs is 1. The van der Waals surface area contributed by atoms with Crippen LogP contribution in [0.4, 0.5) is 0 Å². The maximum atomic E-state index is 12.0. The van der Waals surface area contributed by atoms with Crippen LogP contribution in [0.3, 0.4) is 0 Å². The van der Waals surface area contributed by atoms with Crippen molar-refractivity contribution >= 4 is 27.0 Å². The molecule has 1 aromatic carbocycles. The Morgan fingerprint density at radius 2 is 1.73 bits per heavy atom. The minimum Gasteiger partial charge on any atom is -0.292 e. The highest BCUT2D eigenvalue weighted by Gasteiger charge is 2.10. The van der Waals surface area contributed by atoms with Crippen molar-refractivity contribution in [3.05, 3.63) is 33.2 Å². The molecule has 1 aromatic heterocycles. The van der Waals surface area contributed by atoms with Crippen LogP contribution < -0.4 is 5.69 Å². The van der Waals surface area contributed by atoms with E-state index in [1.54, 1.807) is 9.13 Å². The maximum absolute atomic E-state index is 12.0. The molecule has 0 saturated heterocycles. The molecule has 3 nitrogen and oxygen atoms in total. The third-order valence-electron chi connectivity index (χ3n) is 2.61. The lowest BCUT2D eigenvalue weighted by atomic mass is 10.3. The second-order valence-corrected chi connectivity index (χ2v) is 4.32. The highest BCUT2D eigenvalue weighted by molar-refractivity contribution is 9.10. The standard InChI is InChI=1S/C11H13BrN2O/c1-3-13-9-6-5-8(12)7-10(9)14(4-2)11(13)15/h5-7H,3-4H2,1-2H3. The Morgan fingerprint density at radius 1 is 1.13 bits per heavy atom. The summed E-state index contributed by atoms with van der Waals surface area (Å²) in [5, 5.41) is 0. The van der Waals surface area contributed by atoms with Gasteiger partial charge in [0.15, 0.2) is 0 Å². The zero-order chi connectivity index (χ0) is 11.0. The smallest absolute Gasteiger partial charge is 0.292 e. The molecule has 0 spiro atoms. The minimum atomic E-state index is 0.0769. The third-order valence-corrected chi connectivity index (χ3v) is 3.11. The number of aryl methyl sites for hydroxylation is 2. The molecule has 0 amide bonds. The molecule has 2 aromatic rings. The molecule has 0 atom stereocenters. The van der Waals surface area contributed by atoms with Crippen LogP contribution in [0.2, 0.25) is 0 Å². The van der Waals surface area contributed by atoms with Gasteiger partial charge in [0.1, 0.15) is 0 Å². The van der Waals surface area contributed by atoms with Crippen molar-refractivity contribution in [3.63, 3.8) is 0 Å². The highest BCUT2D eigenvalue weighted by atomic mass is 79.9. The van der Waals surface area contributed by atoms with E-state index in [1.807, 2.05) is 32.0 Å². The Balaban J connectivity index is 2.92. The largest absolute Gasteiger partial charge is 0.329 e. The summed E-state index contributed by atoms with van der Waals surface area (Å²) in [4.78, 5) is 12.0. The van der Waals surface area contributed by atoms with Crippen LogP contribution >= 0.6 is 15.9 Å². The van der Waals surface area contributed by atoms with Gasteiger partial charge < -0.3 is 0 Å². The fraction of sp³-hybridized carbons (Fsp3) is 0.364. The minimum absolute atomic E-state index is 0.0769. The number of rotatable bonds is 2. The Morgan fingerprint density at radius 3 is 2.33 bits per heavy atom. The van der Waals surface area contributed by atoms with Gasteiger partial charge in [0.2, 0.25) is 0 Å². The molecular weight excluding hydrogens is 256 g/mol. The molecule has 80 valence electrons. The summed E-state index contributed by atoms with van der Waals surface area (Å²) < 4.78 is 4.60. The van der Waals surface area contributed by atoms with E-state index in [0.717, 1.165) is 15.5 Å². The van der Waals surface area contributed by atoms with Gasteiger partial charge in [-0.05, 0) is 32.0 Å². The van der Waals surface area contributed by atoms with Crippen molar-refractivity contribution in [2.75, 3.05) is 0 Å². The first-order chi connectivity index (χ1) is 7.19. The number of hydrogen-bond acceptors (Lipinski definition) is 1. The first-order valence-electron chi connectivity index (χ1n) is 5.07. The Kier molecular flexibility index (Phi) is 2.69. The predicted octanol–water partition coefficient (Wildman–Crippen LogP) is 2.61. The van der Waals surface area contributed by atoms with E-state index >= 15 is 0 Å². The van der Waals surface area contributed by atoms with Crippen LogP contribution in [0.5, 0.6) is 0 Å². The van der Waals surface area contributed by atoms with Crippen LogP contribution in [0.25, 0.3) is 11.0 Å². The summed E-state index contributed by atoms with van der Waals surface area (Å²) in [6.07, 6.45) is 0. The van der Waals surface area contributed by atoms with Gasteiger partial charge in [-0.1, -0.05) is 15.9 Å². The third kappa shape index (κ3) is 1.53. The van der Waals surface area contributed by atoms with Crippen molar-refractivity contribution in [3.8, 4) is 0 Å². The van der Waals surface area contributed by atoms with Crippen LogP contribution in [0.1, 0.15) is 13.8 Å². The van der Waals surface area contributed by atoms with Crippen molar-refractivity contribution in [2.24, 2.45) is 0 Å². The van der Waals surface area contributed by atoms with Crippen LogP contribution in [-0.4, -0.2) is 9.13 Å². The average molecular weight is 269 g/mol. The monoisotopic (exact) mass is 268 g/mol. The summed E-state index contributed by atoms with van der Waals surface area (Å²) in [7, 11) is 0. The average Bonchev–Trinajstić information content (AvgIpc) is 2.48. The molecular formula is C11H13BrN2O. The second kappa shape index (κ2) is 3.85. The molecule has 0 unspecified atom stereocenters. The number of aromatic nitrogens is 2. The van der Waals surface area contributed by atoms with Gasteiger partial charge in [0.25, 0.3) is 0 Å². The fourth-order valence-electron chi connectivity index (χ4n) is 1.90.